The molecule has 0 radical (unpaired) electrons. The van der Waals surface area contributed by atoms with Crippen LogP contribution in [-0.4, -0.2) is 66.0 Å². The van der Waals surface area contributed by atoms with Gasteiger partial charge in [-0.2, -0.15) is 0 Å². The number of aliphatic hydroxyl groups is 2. The van der Waals surface area contributed by atoms with E-state index in [-0.39, 0.29) is 41.2 Å². The molecule has 0 aliphatic carbocycles. The van der Waals surface area contributed by atoms with Crippen LogP contribution in [0, 0.1) is 0 Å². The van der Waals surface area contributed by atoms with Crippen molar-refractivity contribution in [2.24, 2.45) is 5.73 Å². The molecule has 4 atom stereocenters. The van der Waals surface area contributed by atoms with Crippen LogP contribution in [0.3, 0.4) is 0 Å². The molecule has 1 amide bonds. The fourth-order valence-electron chi connectivity index (χ4n) is 1.79. The number of phosphoric acid groups is 1. The Morgan fingerprint density at radius 2 is 2.05 bits per heavy atom. The van der Waals surface area contributed by atoms with Gasteiger partial charge in [0.1, 0.15) is 24.4 Å². The van der Waals surface area contributed by atoms with Gasteiger partial charge in [0.25, 0.3) is 5.91 Å². The maximum atomic E-state index is 10.9. The van der Waals surface area contributed by atoms with Crippen molar-refractivity contribution >= 4 is 13.7 Å². The van der Waals surface area contributed by atoms with Crippen LogP contribution in [0.4, 0.5) is 0 Å². The predicted molar refractivity (Wildman–Crippen MR) is 62.5 cm³/mol. The number of amides is 1. The third-order valence-corrected chi connectivity index (χ3v) is 3.25. The first kappa shape index (κ1) is 19.6. The molecule has 12 nitrogen and oxygen atoms in total. The SMILES string of the molecule is NC(=O)c1n[nH]c(C2OC(COP(=O)(O)O)C(O)C2O)n1.[Na+]. The summed E-state index contributed by atoms with van der Waals surface area (Å²) in [5, 5.41) is 25.4. The quantitative estimate of drug-likeness (QED) is 0.220. The molecule has 118 valence electrons. The number of aromatic nitrogens is 3. The summed E-state index contributed by atoms with van der Waals surface area (Å²) in [5.74, 6) is -1.29. The van der Waals surface area contributed by atoms with Gasteiger partial charge in [-0.05, 0) is 0 Å². The van der Waals surface area contributed by atoms with Crippen molar-refractivity contribution in [1.82, 2.24) is 15.2 Å². The Balaban J connectivity index is 0.00000242. The molecule has 0 saturated carbocycles. The smallest absolute Gasteiger partial charge is 0.387 e. The summed E-state index contributed by atoms with van der Waals surface area (Å²) in [4.78, 5) is 31.7. The summed E-state index contributed by atoms with van der Waals surface area (Å²) >= 11 is 0. The molecule has 2 rings (SSSR count). The summed E-state index contributed by atoms with van der Waals surface area (Å²) in [7, 11) is -4.73. The van der Waals surface area contributed by atoms with Crippen molar-refractivity contribution in [2.45, 2.75) is 24.4 Å². The van der Waals surface area contributed by atoms with Crippen molar-refractivity contribution < 1.29 is 68.2 Å². The van der Waals surface area contributed by atoms with Crippen LogP contribution < -0.4 is 35.3 Å². The molecule has 7 N–H and O–H groups in total. The molecule has 2 heterocycles. The molecule has 0 bridgehead atoms. The first-order chi connectivity index (χ1) is 9.69. The van der Waals surface area contributed by atoms with E-state index in [1.165, 1.54) is 0 Å². The van der Waals surface area contributed by atoms with Crippen LogP contribution in [0.2, 0.25) is 0 Å². The summed E-state index contributed by atoms with van der Waals surface area (Å²) in [6, 6.07) is 0. The molecule has 1 aliphatic heterocycles. The number of aromatic amines is 1. The number of aliphatic hydroxyl groups excluding tert-OH is 2. The van der Waals surface area contributed by atoms with Crippen molar-refractivity contribution in [1.29, 1.82) is 0 Å². The van der Waals surface area contributed by atoms with Gasteiger partial charge in [-0.25, -0.2) is 9.55 Å². The van der Waals surface area contributed by atoms with E-state index in [0.717, 1.165) is 0 Å². The minimum absolute atomic E-state index is 0. The minimum atomic E-state index is -4.73. The standard InChI is InChI=1S/C8H13N4O8P.Na/c9-6(15)8-10-7(11-12-8)5-4(14)3(13)2(20-5)1-19-21(16,17)18;/h2-5,13-14H,1H2,(H2,9,15)(H,10,11,12)(H2,16,17,18);/q;+1. The zero-order valence-corrected chi connectivity index (χ0v) is 14.3. The first-order valence-corrected chi connectivity index (χ1v) is 7.16. The van der Waals surface area contributed by atoms with Crippen LogP contribution in [0.5, 0.6) is 0 Å². The molecular weight excluding hydrogens is 334 g/mol. The molecule has 0 aromatic carbocycles. The van der Waals surface area contributed by atoms with Crippen molar-refractivity contribution in [3.05, 3.63) is 11.6 Å². The molecular formula is C8H13N4NaO8P+. The van der Waals surface area contributed by atoms with Crippen LogP contribution in [0.15, 0.2) is 0 Å². The Bertz CT molecular complexity index is 578. The predicted octanol–water partition coefficient (Wildman–Crippen LogP) is -5.82. The average Bonchev–Trinajstić information content (AvgIpc) is 2.94. The normalized spacial score (nSPS) is 28.4. The van der Waals surface area contributed by atoms with Crippen LogP contribution in [0.25, 0.3) is 0 Å². The summed E-state index contributed by atoms with van der Waals surface area (Å²) in [5.41, 5.74) is 4.97. The van der Waals surface area contributed by atoms with Gasteiger partial charge in [-0.3, -0.25) is 14.4 Å². The van der Waals surface area contributed by atoms with E-state index in [2.05, 4.69) is 19.7 Å². The zero-order valence-electron chi connectivity index (χ0n) is 11.4. The Kier molecular flexibility index (Phi) is 6.65. The van der Waals surface area contributed by atoms with Crippen LogP contribution in [-0.2, 0) is 13.8 Å². The zero-order chi connectivity index (χ0) is 15.8. The number of nitrogens with zero attached hydrogens (tertiary/aromatic N) is 2. The van der Waals surface area contributed by atoms with Gasteiger partial charge in [0.2, 0.25) is 5.82 Å². The summed E-state index contributed by atoms with van der Waals surface area (Å²) in [6.45, 7) is -0.643. The molecule has 4 unspecified atom stereocenters. The summed E-state index contributed by atoms with van der Waals surface area (Å²) in [6.07, 6.45) is -5.29. The van der Waals surface area contributed by atoms with E-state index in [9.17, 15) is 19.6 Å². The van der Waals surface area contributed by atoms with E-state index >= 15 is 0 Å². The number of phosphoric ester groups is 1. The fraction of sp³-hybridized carbons (Fsp3) is 0.625. The molecule has 14 heteroatoms. The third kappa shape index (κ3) is 4.55. The Hall–Kier alpha value is -0.400. The first-order valence-electron chi connectivity index (χ1n) is 5.63. The van der Waals surface area contributed by atoms with Gasteiger partial charge in [0.15, 0.2) is 5.82 Å². The average molecular weight is 347 g/mol. The van der Waals surface area contributed by atoms with Gasteiger partial charge in [-0.15, -0.1) is 5.10 Å². The van der Waals surface area contributed by atoms with Crippen molar-refractivity contribution in [3.8, 4) is 0 Å². The third-order valence-electron chi connectivity index (χ3n) is 2.76. The second-order valence-corrected chi connectivity index (χ2v) is 5.51. The number of hydrogen-bond donors (Lipinski definition) is 6. The largest absolute Gasteiger partial charge is 1.00 e. The van der Waals surface area contributed by atoms with E-state index in [0.29, 0.717) is 0 Å². The topological polar surface area (TPSA) is 201 Å². The molecule has 1 aromatic rings. The molecule has 1 aliphatic rings. The number of H-pyrrole nitrogens is 1. The number of nitrogens with one attached hydrogen (secondary N) is 1. The summed E-state index contributed by atoms with van der Waals surface area (Å²) < 4.78 is 20.0. The Morgan fingerprint density at radius 3 is 2.55 bits per heavy atom. The van der Waals surface area contributed by atoms with E-state index in [1.807, 2.05) is 0 Å². The monoisotopic (exact) mass is 347 g/mol. The van der Waals surface area contributed by atoms with Gasteiger partial charge < -0.3 is 30.5 Å². The molecule has 0 spiro atoms. The fourth-order valence-corrected chi connectivity index (χ4v) is 2.14. The van der Waals surface area contributed by atoms with Crippen molar-refractivity contribution in [3.63, 3.8) is 0 Å². The number of carbonyl (C=O) groups excluding carboxylic acids is 1. The van der Waals surface area contributed by atoms with Gasteiger partial charge >= 0.3 is 37.4 Å². The maximum Gasteiger partial charge on any atom is 1.00 e. The van der Waals surface area contributed by atoms with E-state index < -0.39 is 44.8 Å². The number of primary amides is 1. The number of rotatable bonds is 5. The van der Waals surface area contributed by atoms with Crippen molar-refractivity contribution in [2.75, 3.05) is 6.61 Å². The molecule has 1 saturated heterocycles. The maximum absolute atomic E-state index is 10.9. The van der Waals surface area contributed by atoms with Crippen LogP contribution >= 0.6 is 7.82 Å². The van der Waals surface area contributed by atoms with Crippen LogP contribution in [0.1, 0.15) is 22.5 Å². The minimum Gasteiger partial charge on any atom is -0.387 e. The Morgan fingerprint density at radius 1 is 1.41 bits per heavy atom. The van der Waals surface area contributed by atoms with Gasteiger partial charge in [0, 0.05) is 0 Å². The van der Waals surface area contributed by atoms with Gasteiger partial charge in [0.05, 0.1) is 6.61 Å². The number of nitrogens with two attached hydrogens (primary N) is 1. The second kappa shape index (κ2) is 7.45. The van der Waals surface area contributed by atoms with E-state index in [1.54, 1.807) is 0 Å². The molecule has 1 aromatic heterocycles. The molecule has 1 fully saturated rings. The number of hydrogen-bond acceptors (Lipinski definition) is 8. The number of ether oxygens (including phenoxy) is 1. The Labute approximate surface area is 145 Å². The van der Waals surface area contributed by atoms with E-state index in [4.69, 9.17) is 20.3 Å². The second-order valence-electron chi connectivity index (χ2n) is 4.27. The number of carbonyl (C=O) groups is 1. The van der Waals surface area contributed by atoms with Gasteiger partial charge in [-0.1, -0.05) is 0 Å². The molecule has 22 heavy (non-hydrogen) atoms.